The zero-order chi connectivity index (χ0) is 28.5. The Kier molecular flexibility index (Phi) is 7.94. The van der Waals surface area contributed by atoms with Crippen molar-refractivity contribution in [3.63, 3.8) is 0 Å². The summed E-state index contributed by atoms with van der Waals surface area (Å²) in [5.41, 5.74) is 1.23. The third-order valence-electron chi connectivity index (χ3n) is 11.1. The van der Waals surface area contributed by atoms with Crippen molar-refractivity contribution >= 4 is 11.8 Å². The average molecular weight is 551 g/mol. The van der Waals surface area contributed by atoms with Gasteiger partial charge >= 0.3 is 0 Å². The fourth-order valence-corrected chi connectivity index (χ4v) is 8.37. The molecule has 0 bridgehead atoms. The second-order valence-electron chi connectivity index (χ2n) is 13.0. The van der Waals surface area contributed by atoms with Gasteiger partial charge < -0.3 is 9.80 Å². The van der Waals surface area contributed by atoms with Gasteiger partial charge in [0.1, 0.15) is 0 Å². The molecule has 2 aromatic rings. The van der Waals surface area contributed by atoms with E-state index < -0.39 is 10.8 Å². The summed E-state index contributed by atoms with van der Waals surface area (Å²) in [7, 11) is 0. The smallest absolute Gasteiger partial charge is 0.241 e. The van der Waals surface area contributed by atoms with E-state index in [0.29, 0.717) is 12.1 Å². The van der Waals surface area contributed by atoms with E-state index in [-0.39, 0.29) is 11.8 Å². The average Bonchev–Trinajstić information content (AvgIpc) is 3.56. The quantitative estimate of drug-likeness (QED) is 0.335. The molecule has 2 aliphatic carbocycles. The van der Waals surface area contributed by atoms with Gasteiger partial charge in [-0.2, -0.15) is 0 Å². The zero-order valence-corrected chi connectivity index (χ0v) is 24.9. The molecule has 41 heavy (non-hydrogen) atoms. The number of rotatable bonds is 8. The van der Waals surface area contributed by atoms with Gasteiger partial charge in [0.15, 0.2) is 0 Å². The van der Waals surface area contributed by atoms with Crippen LogP contribution in [0.4, 0.5) is 0 Å². The van der Waals surface area contributed by atoms with Crippen LogP contribution >= 0.6 is 0 Å². The van der Waals surface area contributed by atoms with Crippen LogP contribution in [0.5, 0.6) is 0 Å². The molecule has 216 valence electrons. The van der Waals surface area contributed by atoms with Crippen LogP contribution in [0.2, 0.25) is 0 Å². The molecule has 4 heteroatoms. The summed E-state index contributed by atoms with van der Waals surface area (Å²) in [4.78, 5) is 31.5. The van der Waals surface area contributed by atoms with E-state index in [2.05, 4.69) is 72.5 Å². The lowest BCUT2D eigenvalue weighted by Crippen LogP contribution is -2.44. The van der Waals surface area contributed by atoms with E-state index in [1.54, 1.807) is 0 Å². The fraction of sp³-hybridized carbons (Fsp3) is 0.514. The highest BCUT2D eigenvalue weighted by Crippen LogP contribution is 2.43. The molecule has 4 nitrogen and oxygen atoms in total. The van der Waals surface area contributed by atoms with Gasteiger partial charge in [-0.1, -0.05) is 74.5 Å². The highest BCUT2D eigenvalue weighted by molar-refractivity contribution is 5.94. The molecular formula is C37H46N2O2. The van der Waals surface area contributed by atoms with Crippen LogP contribution < -0.4 is 0 Å². The summed E-state index contributed by atoms with van der Waals surface area (Å²) in [6.07, 6.45) is 20.7. The third kappa shape index (κ3) is 4.98. The van der Waals surface area contributed by atoms with Gasteiger partial charge in [-0.15, -0.1) is 0 Å². The predicted octanol–water partition coefficient (Wildman–Crippen LogP) is 7.90. The lowest BCUT2D eigenvalue weighted by Gasteiger charge is -2.39. The number of hydrogen-bond acceptors (Lipinski definition) is 2. The summed E-state index contributed by atoms with van der Waals surface area (Å²) in [5, 5.41) is 0. The van der Waals surface area contributed by atoms with E-state index in [1.165, 1.54) is 32.1 Å². The van der Waals surface area contributed by atoms with E-state index >= 15 is 0 Å². The first-order valence-corrected chi connectivity index (χ1v) is 16.2. The normalized spacial score (nSPS) is 33.6. The number of amides is 2. The molecule has 2 heterocycles. The number of benzene rings is 2. The molecule has 2 aromatic carbocycles. The Morgan fingerprint density at radius 3 is 1.29 bits per heavy atom. The molecule has 0 saturated heterocycles. The lowest BCUT2D eigenvalue weighted by atomic mass is 9.74. The van der Waals surface area contributed by atoms with Gasteiger partial charge in [0.2, 0.25) is 11.8 Å². The largest absolute Gasteiger partial charge is 0.315 e. The molecule has 0 N–H and O–H groups in total. The summed E-state index contributed by atoms with van der Waals surface area (Å²) < 4.78 is 0. The number of hydrogen-bond donors (Lipinski definition) is 0. The monoisotopic (exact) mass is 550 g/mol. The fourth-order valence-electron chi connectivity index (χ4n) is 8.37. The second-order valence-corrected chi connectivity index (χ2v) is 13.0. The van der Waals surface area contributed by atoms with Crippen LogP contribution in [-0.2, 0) is 20.4 Å². The molecule has 6 rings (SSSR count). The van der Waals surface area contributed by atoms with Crippen LogP contribution in [0, 0.1) is 11.8 Å². The van der Waals surface area contributed by atoms with Crippen molar-refractivity contribution in [2.75, 3.05) is 0 Å². The van der Waals surface area contributed by atoms with Gasteiger partial charge in [0.25, 0.3) is 0 Å². The maximum absolute atomic E-state index is 13.7. The highest BCUT2D eigenvalue weighted by Gasteiger charge is 2.47. The molecule has 2 aliphatic heterocycles. The van der Waals surface area contributed by atoms with E-state index in [9.17, 15) is 9.59 Å². The van der Waals surface area contributed by atoms with Crippen LogP contribution in [0.25, 0.3) is 0 Å². The van der Waals surface area contributed by atoms with Gasteiger partial charge in [-0.25, -0.2) is 0 Å². The van der Waals surface area contributed by atoms with Gasteiger partial charge in [-0.05, 0) is 106 Å². The number of nitrogens with zero attached hydrogens (tertiary/aromatic N) is 2. The maximum Gasteiger partial charge on any atom is 0.241 e. The van der Waals surface area contributed by atoms with Crippen LogP contribution in [0.1, 0.15) is 95.6 Å². The minimum absolute atomic E-state index is 0.262. The Morgan fingerprint density at radius 1 is 0.585 bits per heavy atom. The Balaban J connectivity index is 0.987. The minimum atomic E-state index is -0.499. The Hall–Kier alpha value is -3.14. The highest BCUT2D eigenvalue weighted by atomic mass is 16.2. The van der Waals surface area contributed by atoms with Crippen molar-refractivity contribution in [2.24, 2.45) is 11.8 Å². The molecule has 2 unspecified atom stereocenters. The SMILES string of the molecule is CCC1(c2ccccc2)C=CN(C2CCC(CC3CCC(N4C=CC(CC)(c5ccccc5)C4=O)CC3)CC2)C1=O. The van der Waals surface area contributed by atoms with Crippen LogP contribution in [0.3, 0.4) is 0 Å². The Bertz CT molecular complexity index is 1170. The summed E-state index contributed by atoms with van der Waals surface area (Å²) >= 11 is 0. The zero-order valence-electron chi connectivity index (χ0n) is 24.9. The Labute approximate surface area is 246 Å². The first-order valence-electron chi connectivity index (χ1n) is 16.2. The van der Waals surface area contributed by atoms with Crippen molar-refractivity contribution in [1.82, 2.24) is 9.80 Å². The first-order chi connectivity index (χ1) is 20.0. The molecule has 2 saturated carbocycles. The van der Waals surface area contributed by atoms with Gasteiger partial charge in [0.05, 0.1) is 10.8 Å². The molecule has 0 radical (unpaired) electrons. The van der Waals surface area contributed by atoms with Gasteiger partial charge in [-0.3, -0.25) is 9.59 Å². The topological polar surface area (TPSA) is 40.6 Å². The second kappa shape index (κ2) is 11.6. The van der Waals surface area contributed by atoms with E-state index in [4.69, 9.17) is 0 Å². The van der Waals surface area contributed by atoms with Crippen molar-refractivity contribution < 1.29 is 9.59 Å². The van der Waals surface area contributed by atoms with Crippen molar-refractivity contribution in [3.8, 4) is 0 Å². The summed E-state index contributed by atoms with van der Waals surface area (Å²) in [5.74, 6) is 2.05. The lowest BCUT2D eigenvalue weighted by molar-refractivity contribution is -0.134. The number of carbonyl (C=O) groups is 2. The molecule has 2 fully saturated rings. The predicted molar refractivity (Wildman–Crippen MR) is 165 cm³/mol. The van der Waals surface area contributed by atoms with Crippen LogP contribution in [0.15, 0.2) is 85.2 Å². The van der Waals surface area contributed by atoms with Gasteiger partial charge in [0, 0.05) is 24.5 Å². The summed E-state index contributed by atoms with van der Waals surface area (Å²) in [6.45, 7) is 4.26. The van der Waals surface area contributed by atoms with Crippen LogP contribution in [-0.4, -0.2) is 33.7 Å². The number of carbonyl (C=O) groups excluding carboxylic acids is 2. The molecule has 4 aliphatic rings. The van der Waals surface area contributed by atoms with Crippen molar-refractivity contribution in [2.45, 2.75) is 107 Å². The van der Waals surface area contributed by atoms with Crippen molar-refractivity contribution in [1.29, 1.82) is 0 Å². The summed E-state index contributed by atoms with van der Waals surface area (Å²) in [6, 6.07) is 21.3. The molecule has 2 atom stereocenters. The van der Waals surface area contributed by atoms with E-state index in [1.807, 2.05) is 36.4 Å². The third-order valence-corrected chi connectivity index (χ3v) is 11.1. The molecule has 2 amide bonds. The maximum atomic E-state index is 13.7. The van der Waals surface area contributed by atoms with E-state index in [0.717, 1.165) is 61.5 Å². The standard InChI is InChI=1S/C37H46N2O2/c1-3-36(30-11-7-5-8-12-30)23-25-38(34(36)40)32-19-15-28(16-20-32)27-29-17-21-33(22-18-29)39-26-24-37(4-2,35(39)41)31-13-9-6-10-14-31/h5-14,23-26,28-29,32-33H,3-4,15-22,27H2,1-2H3. The van der Waals surface area contributed by atoms with Crippen molar-refractivity contribution in [3.05, 3.63) is 96.3 Å². The Morgan fingerprint density at radius 2 is 0.951 bits per heavy atom. The molecular weight excluding hydrogens is 504 g/mol. The minimum Gasteiger partial charge on any atom is -0.315 e. The molecule has 0 spiro atoms. The first kappa shape index (κ1) is 28.0. The molecule has 0 aromatic heterocycles.